The number of aryl methyl sites for hydroxylation is 1. The summed E-state index contributed by atoms with van der Waals surface area (Å²) in [6.07, 6.45) is 5.58. The topological polar surface area (TPSA) is 124 Å². The molecule has 2 aliphatic heterocycles. The lowest BCUT2D eigenvalue weighted by atomic mass is 9.87. The second kappa shape index (κ2) is 9.93. The Bertz CT molecular complexity index is 1420. The quantitative estimate of drug-likeness (QED) is 0.483. The van der Waals surface area contributed by atoms with Gasteiger partial charge in [0.05, 0.1) is 41.3 Å². The van der Waals surface area contributed by atoms with E-state index in [2.05, 4.69) is 31.7 Å². The number of hydrogen-bond donors (Lipinski definition) is 2. The van der Waals surface area contributed by atoms with Gasteiger partial charge in [0.15, 0.2) is 11.5 Å². The van der Waals surface area contributed by atoms with Gasteiger partial charge in [-0.2, -0.15) is 10.2 Å². The summed E-state index contributed by atoms with van der Waals surface area (Å²) in [6, 6.07) is 6.71. The van der Waals surface area contributed by atoms with Crippen molar-refractivity contribution in [2.24, 2.45) is 0 Å². The van der Waals surface area contributed by atoms with Gasteiger partial charge in [-0.3, -0.25) is 4.90 Å². The zero-order valence-electron chi connectivity index (χ0n) is 21.4. The van der Waals surface area contributed by atoms with Crippen molar-refractivity contribution in [2.45, 2.75) is 50.6 Å². The number of methoxy groups -OCH3 is 1. The Morgan fingerprint density at radius 3 is 2.66 bits per heavy atom. The Hall–Kier alpha value is -3.62. The van der Waals surface area contributed by atoms with Crippen LogP contribution in [-0.4, -0.2) is 80.8 Å². The van der Waals surface area contributed by atoms with Gasteiger partial charge < -0.3 is 20.3 Å². The molecule has 2 aromatic heterocycles. The predicted octanol–water partition coefficient (Wildman–Crippen LogP) is 3.91. The molecule has 0 atom stereocenters. The zero-order valence-corrected chi connectivity index (χ0v) is 22.2. The van der Waals surface area contributed by atoms with E-state index in [0.717, 1.165) is 50.0 Å². The first-order chi connectivity index (χ1) is 18.4. The fraction of sp³-hybridized carbons (Fsp3) is 0.500. The first kappa shape index (κ1) is 24.7. The van der Waals surface area contributed by atoms with Gasteiger partial charge in [-0.05, 0) is 69.3 Å². The molecule has 2 N–H and O–H groups in total. The maximum atomic E-state index is 11.7. The molecule has 198 valence electrons. The first-order valence-electron chi connectivity index (χ1n) is 13.0. The SMILES string of the molecule is COC(=O)N1CC(N2CCC(c3cc(C#N)cc(Nc4nc(NC5CC5)c5ncc(C)n5n4)c3Cl)CC2)C1. The summed E-state index contributed by atoms with van der Waals surface area (Å²) < 4.78 is 6.57. The third-order valence-corrected chi connectivity index (χ3v) is 8.13. The van der Waals surface area contributed by atoms with Crippen LogP contribution >= 0.6 is 11.6 Å². The summed E-state index contributed by atoms with van der Waals surface area (Å²) in [6.45, 7) is 5.18. The lowest BCUT2D eigenvalue weighted by Crippen LogP contribution is -2.62. The van der Waals surface area contributed by atoms with Crippen LogP contribution < -0.4 is 10.6 Å². The number of nitriles is 1. The standard InChI is InChI=1S/C26H30ClN9O2/c1-15-12-29-24-23(30-18-3-4-18)32-25(33-36(15)24)31-21-10-16(11-28)9-20(22(21)27)17-5-7-34(8-6-17)19-13-35(14-19)26(37)38-2/h9-10,12,17-19H,3-8,13-14H2,1-2H3,(H2,30,31,32,33). The number of rotatable bonds is 6. The van der Waals surface area contributed by atoms with Gasteiger partial charge >= 0.3 is 6.09 Å². The van der Waals surface area contributed by atoms with Crippen molar-refractivity contribution in [1.29, 1.82) is 5.26 Å². The minimum Gasteiger partial charge on any atom is -0.453 e. The number of carbonyl (C=O) groups excluding carboxylic acids is 1. The van der Waals surface area contributed by atoms with Crippen LogP contribution in [0.2, 0.25) is 5.02 Å². The van der Waals surface area contributed by atoms with Crippen molar-refractivity contribution < 1.29 is 9.53 Å². The van der Waals surface area contributed by atoms with Crippen molar-refractivity contribution in [1.82, 2.24) is 29.4 Å². The molecule has 0 spiro atoms. The average molecular weight is 536 g/mol. The van der Waals surface area contributed by atoms with E-state index in [-0.39, 0.29) is 12.0 Å². The number of nitrogens with zero attached hydrogens (tertiary/aromatic N) is 7. The van der Waals surface area contributed by atoms with E-state index >= 15 is 0 Å². The molecule has 1 aliphatic carbocycles. The molecule has 4 heterocycles. The zero-order chi connectivity index (χ0) is 26.4. The highest BCUT2D eigenvalue weighted by atomic mass is 35.5. The van der Waals surface area contributed by atoms with Gasteiger partial charge in [0, 0.05) is 25.2 Å². The van der Waals surface area contributed by atoms with Crippen LogP contribution in [0.4, 0.5) is 22.2 Å². The summed E-state index contributed by atoms with van der Waals surface area (Å²) in [5.74, 6) is 1.30. The molecule has 2 saturated heterocycles. The molecule has 3 fully saturated rings. The minimum atomic E-state index is -0.266. The van der Waals surface area contributed by atoms with Gasteiger partial charge in [-0.25, -0.2) is 14.3 Å². The largest absolute Gasteiger partial charge is 0.453 e. The van der Waals surface area contributed by atoms with Gasteiger partial charge in [-0.15, -0.1) is 5.10 Å². The molecule has 1 aromatic carbocycles. The first-order valence-corrected chi connectivity index (χ1v) is 13.4. The van der Waals surface area contributed by atoms with Crippen LogP contribution in [0.15, 0.2) is 18.3 Å². The van der Waals surface area contributed by atoms with Crippen molar-refractivity contribution >= 4 is 40.8 Å². The van der Waals surface area contributed by atoms with Crippen LogP contribution in [0.3, 0.4) is 0 Å². The third-order valence-electron chi connectivity index (χ3n) is 7.71. The number of halogens is 1. The van der Waals surface area contributed by atoms with Gasteiger partial charge in [0.1, 0.15) is 0 Å². The fourth-order valence-electron chi connectivity index (χ4n) is 5.32. The number of anilines is 3. The molecule has 38 heavy (non-hydrogen) atoms. The predicted molar refractivity (Wildman–Crippen MR) is 143 cm³/mol. The third kappa shape index (κ3) is 4.70. The molecule has 3 aromatic rings. The Balaban J connectivity index is 1.21. The Morgan fingerprint density at radius 1 is 1.21 bits per heavy atom. The number of hydrogen-bond acceptors (Lipinski definition) is 9. The average Bonchev–Trinajstić information content (AvgIpc) is 3.64. The highest BCUT2D eigenvalue weighted by Crippen LogP contribution is 2.39. The van der Waals surface area contributed by atoms with Crippen LogP contribution in [0, 0.1) is 18.3 Å². The number of ether oxygens (including phenoxy) is 1. The molecular weight excluding hydrogens is 506 g/mol. The number of nitrogens with one attached hydrogen (secondary N) is 2. The number of aromatic nitrogens is 4. The van der Waals surface area contributed by atoms with Crippen LogP contribution in [-0.2, 0) is 4.74 Å². The van der Waals surface area contributed by atoms with E-state index in [1.54, 1.807) is 21.7 Å². The lowest BCUT2D eigenvalue weighted by molar-refractivity contribution is 0.0188. The van der Waals surface area contributed by atoms with Gasteiger partial charge in [-0.1, -0.05) is 11.6 Å². The Labute approximate surface area is 225 Å². The van der Waals surface area contributed by atoms with Crippen LogP contribution in [0.25, 0.3) is 5.65 Å². The van der Waals surface area contributed by atoms with Crippen LogP contribution in [0.1, 0.15) is 48.4 Å². The maximum absolute atomic E-state index is 11.7. The number of likely N-dealkylation sites (tertiary alicyclic amines) is 2. The van der Waals surface area contributed by atoms with Gasteiger partial charge in [0.25, 0.3) is 0 Å². The molecule has 1 amide bonds. The Kier molecular flexibility index (Phi) is 6.45. The second-order valence-corrected chi connectivity index (χ2v) is 10.7. The van der Waals surface area contributed by atoms with E-state index < -0.39 is 0 Å². The fourth-order valence-corrected chi connectivity index (χ4v) is 5.63. The normalized spacial score (nSPS) is 18.7. The molecule has 12 heteroatoms. The number of fused-ring (bicyclic) bond motifs is 1. The minimum absolute atomic E-state index is 0.232. The monoisotopic (exact) mass is 535 g/mol. The highest BCUT2D eigenvalue weighted by molar-refractivity contribution is 6.34. The summed E-state index contributed by atoms with van der Waals surface area (Å²) in [7, 11) is 1.41. The summed E-state index contributed by atoms with van der Waals surface area (Å²) >= 11 is 6.96. The number of benzene rings is 1. The molecule has 0 unspecified atom stereocenters. The number of carbonyl (C=O) groups is 1. The lowest BCUT2D eigenvalue weighted by Gasteiger charge is -2.47. The Morgan fingerprint density at radius 2 is 1.97 bits per heavy atom. The summed E-state index contributed by atoms with van der Waals surface area (Å²) in [5, 5.41) is 21.7. The van der Waals surface area contributed by atoms with Crippen LogP contribution in [0.5, 0.6) is 0 Å². The highest BCUT2D eigenvalue weighted by Gasteiger charge is 2.37. The summed E-state index contributed by atoms with van der Waals surface area (Å²) in [4.78, 5) is 25.0. The molecular formula is C26H30ClN9O2. The van der Waals surface area contributed by atoms with Crippen molar-refractivity contribution in [3.63, 3.8) is 0 Å². The molecule has 0 bridgehead atoms. The van der Waals surface area contributed by atoms with Gasteiger partial charge in [0.2, 0.25) is 5.95 Å². The molecule has 0 radical (unpaired) electrons. The maximum Gasteiger partial charge on any atom is 0.409 e. The second-order valence-electron chi connectivity index (χ2n) is 10.3. The smallest absolute Gasteiger partial charge is 0.409 e. The number of piperidine rings is 1. The van der Waals surface area contributed by atoms with E-state index in [4.69, 9.17) is 21.3 Å². The molecule has 11 nitrogen and oxygen atoms in total. The number of imidazole rings is 1. The van der Waals surface area contributed by atoms with Crippen molar-refractivity contribution in [3.8, 4) is 6.07 Å². The summed E-state index contributed by atoms with van der Waals surface area (Å²) in [5.41, 5.74) is 3.71. The van der Waals surface area contributed by atoms with Crippen molar-refractivity contribution in [2.75, 3.05) is 43.9 Å². The van der Waals surface area contributed by atoms with E-state index in [1.807, 2.05) is 13.0 Å². The van der Waals surface area contributed by atoms with Crippen molar-refractivity contribution in [3.05, 3.63) is 40.2 Å². The van der Waals surface area contributed by atoms with E-state index in [0.29, 0.717) is 58.9 Å². The van der Waals surface area contributed by atoms with E-state index in [1.165, 1.54) is 7.11 Å². The number of amides is 1. The molecule has 1 saturated carbocycles. The molecule has 6 rings (SSSR count). The molecule has 3 aliphatic rings. The van der Waals surface area contributed by atoms with E-state index in [9.17, 15) is 10.1 Å².